The standard InChI is InChI=1S/C18H30/c1-9-18(7,8)11-10-17-15(5)13(3)12(2)14(4)16(17)6/h9-11H2,1-8H3. The molecule has 0 atom stereocenters. The van der Waals surface area contributed by atoms with Gasteiger partial charge in [-0.2, -0.15) is 0 Å². The average Bonchev–Trinajstić information content (AvgIpc) is 2.34. The largest absolute Gasteiger partial charge is 0.0649 e. The Morgan fingerprint density at radius 2 is 1.11 bits per heavy atom. The molecule has 0 unspecified atom stereocenters. The third-order valence-electron chi connectivity index (χ3n) is 5.16. The Morgan fingerprint density at radius 3 is 1.50 bits per heavy atom. The Balaban J connectivity index is 3.11. The van der Waals surface area contributed by atoms with Gasteiger partial charge in [0.1, 0.15) is 0 Å². The Bertz CT molecular complexity index is 407. The summed E-state index contributed by atoms with van der Waals surface area (Å²) < 4.78 is 0. The monoisotopic (exact) mass is 246 g/mol. The molecular weight excluding hydrogens is 216 g/mol. The van der Waals surface area contributed by atoms with Crippen LogP contribution in [0.15, 0.2) is 0 Å². The van der Waals surface area contributed by atoms with Crippen LogP contribution in [0.3, 0.4) is 0 Å². The van der Waals surface area contributed by atoms with Crippen LogP contribution in [0, 0.1) is 40.0 Å². The van der Waals surface area contributed by atoms with Crippen molar-refractivity contribution in [3.05, 3.63) is 33.4 Å². The van der Waals surface area contributed by atoms with E-state index in [-0.39, 0.29) is 0 Å². The van der Waals surface area contributed by atoms with Gasteiger partial charge in [0.2, 0.25) is 0 Å². The van der Waals surface area contributed by atoms with Gasteiger partial charge >= 0.3 is 0 Å². The minimum atomic E-state index is 0.464. The van der Waals surface area contributed by atoms with Gasteiger partial charge in [0.15, 0.2) is 0 Å². The molecule has 0 spiro atoms. The second kappa shape index (κ2) is 5.47. The highest BCUT2D eigenvalue weighted by molar-refractivity contribution is 5.49. The van der Waals surface area contributed by atoms with Crippen molar-refractivity contribution in [1.29, 1.82) is 0 Å². The van der Waals surface area contributed by atoms with Gasteiger partial charge in [-0.05, 0) is 86.3 Å². The van der Waals surface area contributed by atoms with Crippen LogP contribution in [0.4, 0.5) is 0 Å². The fourth-order valence-electron chi connectivity index (χ4n) is 2.59. The molecule has 0 heterocycles. The maximum atomic E-state index is 2.38. The average molecular weight is 246 g/mol. The molecule has 0 amide bonds. The van der Waals surface area contributed by atoms with E-state index < -0.39 is 0 Å². The van der Waals surface area contributed by atoms with Crippen molar-refractivity contribution in [2.45, 2.75) is 74.7 Å². The molecule has 0 aliphatic heterocycles. The van der Waals surface area contributed by atoms with Crippen molar-refractivity contribution in [1.82, 2.24) is 0 Å². The van der Waals surface area contributed by atoms with E-state index in [1.54, 1.807) is 5.56 Å². The topological polar surface area (TPSA) is 0 Å². The molecule has 0 saturated carbocycles. The molecule has 1 aromatic rings. The molecule has 0 heteroatoms. The minimum absolute atomic E-state index is 0.464. The zero-order valence-electron chi connectivity index (χ0n) is 13.6. The smallest absolute Gasteiger partial charge is 0.0268 e. The Kier molecular flexibility index (Phi) is 4.64. The van der Waals surface area contributed by atoms with Crippen LogP contribution in [0.5, 0.6) is 0 Å². The van der Waals surface area contributed by atoms with E-state index in [1.165, 1.54) is 47.1 Å². The summed E-state index contributed by atoms with van der Waals surface area (Å²) in [5.41, 5.74) is 9.54. The van der Waals surface area contributed by atoms with Crippen molar-refractivity contribution in [2.24, 2.45) is 5.41 Å². The molecule has 0 aliphatic carbocycles. The summed E-state index contributed by atoms with van der Waals surface area (Å²) in [5.74, 6) is 0. The molecule has 0 aliphatic rings. The lowest BCUT2D eigenvalue weighted by atomic mass is 9.80. The van der Waals surface area contributed by atoms with Crippen molar-refractivity contribution in [2.75, 3.05) is 0 Å². The summed E-state index contributed by atoms with van der Waals surface area (Å²) in [7, 11) is 0. The zero-order valence-corrected chi connectivity index (χ0v) is 13.6. The SMILES string of the molecule is CCC(C)(C)CCc1c(C)c(C)c(C)c(C)c1C. The molecule has 1 rings (SSSR count). The van der Waals surface area contributed by atoms with E-state index >= 15 is 0 Å². The van der Waals surface area contributed by atoms with E-state index in [0.717, 1.165) is 0 Å². The molecule has 0 radical (unpaired) electrons. The molecule has 0 fully saturated rings. The summed E-state index contributed by atoms with van der Waals surface area (Å²) in [6, 6.07) is 0. The molecule has 0 N–H and O–H groups in total. The van der Waals surface area contributed by atoms with Gasteiger partial charge in [-0.15, -0.1) is 0 Å². The lowest BCUT2D eigenvalue weighted by Crippen LogP contribution is -2.12. The van der Waals surface area contributed by atoms with E-state index in [1.807, 2.05) is 0 Å². The van der Waals surface area contributed by atoms with E-state index in [4.69, 9.17) is 0 Å². The number of hydrogen-bond acceptors (Lipinski definition) is 0. The van der Waals surface area contributed by atoms with Crippen molar-refractivity contribution >= 4 is 0 Å². The van der Waals surface area contributed by atoms with Gasteiger partial charge in [0.05, 0.1) is 0 Å². The third-order valence-corrected chi connectivity index (χ3v) is 5.16. The van der Waals surface area contributed by atoms with Crippen LogP contribution in [-0.4, -0.2) is 0 Å². The Labute approximate surface area is 114 Å². The highest BCUT2D eigenvalue weighted by Crippen LogP contribution is 2.31. The van der Waals surface area contributed by atoms with Crippen LogP contribution in [0.2, 0.25) is 0 Å². The predicted molar refractivity (Wildman–Crippen MR) is 82.5 cm³/mol. The van der Waals surface area contributed by atoms with E-state index in [2.05, 4.69) is 55.4 Å². The minimum Gasteiger partial charge on any atom is -0.0649 e. The molecule has 0 aromatic heterocycles. The van der Waals surface area contributed by atoms with E-state index in [9.17, 15) is 0 Å². The number of benzene rings is 1. The summed E-state index contributed by atoms with van der Waals surface area (Å²) in [6.45, 7) is 18.4. The highest BCUT2D eigenvalue weighted by Gasteiger charge is 2.18. The third kappa shape index (κ3) is 2.96. The summed E-state index contributed by atoms with van der Waals surface area (Å²) in [6.07, 6.45) is 3.77. The fourth-order valence-corrected chi connectivity index (χ4v) is 2.59. The van der Waals surface area contributed by atoms with Crippen LogP contribution >= 0.6 is 0 Å². The molecule has 102 valence electrons. The Hall–Kier alpha value is -0.780. The van der Waals surface area contributed by atoms with Gasteiger partial charge in [0, 0.05) is 0 Å². The fraction of sp³-hybridized carbons (Fsp3) is 0.667. The first-order valence-corrected chi connectivity index (χ1v) is 7.27. The molecule has 0 nitrogen and oxygen atoms in total. The summed E-state index contributed by atoms with van der Waals surface area (Å²) >= 11 is 0. The molecule has 1 aromatic carbocycles. The first kappa shape index (κ1) is 15.3. The second-order valence-electron chi connectivity index (χ2n) is 6.62. The van der Waals surface area contributed by atoms with Crippen LogP contribution in [0.25, 0.3) is 0 Å². The predicted octanol–water partition coefficient (Wildman–Crippen LogP) is 5.60. The van der Waals surface area contributed by atoms with Crippen molar-refractivity contribution < 1.29 is 0 Å². The lowest BCUT2D eigenvalue weighted by Gasteiger charge is -2.25. The van der Waals surface area contributed by atoms with Crippen LogP contribution in [-0.2, 0) is 6.42 Å². The first-order chi connectivity index (χ1) is 8.21. The summed E-state index contributed by atoms with van der Waals surface area (Å²) in [5, 5.41) is 0. The van der Waals surface area contributed by atoms with Gasteiger partial charge in [-0.3, -0.25) is 0 Å². The van der Waals surface area contributed by atoms with Crippen LogP contribution in [0.1, 0.15) is 67.0 Å². The molecule has 0 saturated heterocycles. The van der Waals surface area contributed by atoms with Crippen molar-refractivity contribution in [3.63, 3.8) is 0 Å². The quantitative estimate of drug-likeness (QED) is 0.649. The molecular formula is C18H30. The maximum absolute atomic E-state index is 2.38. The maximum Gasteiger partial charge on any atom is -0.0268 e. The second-order valence-corrected chi connectivity index (χ2v) is 6.62. The van der Waals surface area contributed by atoms with Gasteiger partial charge < -0.3 is 0 Å². The first-order valence-electron chi connectivity index (χ1n) is 7.27. The van der Waals surface area contributed by atoms with E-state index in [0.29, 0.717) is 5.41 Å². The normalized spacial score (nSPS) is 12.0. The highest BCUT2D eigenvalue weighted by atomic mass is 14.2. The van der Waals surface area contributed by atoms with Crippen molar-refractivity contribution in [3.8, 4) is 0 Å². The van der Waals surface area contributed by atoms with Crippen LogP contribution < -0.4 is 0 Å². The number of rotatable bonds is 4. The molecule has 18 heavy (non-hydrogen) atoms. The molecule has 0 bridgehead atoms. The van der Waals surface area contributed by atoms with Gasteiger partial charge in [-0.25, -0.2) is 0 Å². The number of hydrogen-bond donors (Lipinski definition) is 0. The zero-order chi connectivity index (χ0) is 14.1. The summed E-state index contributed by atoms with van der Waals surface area (Å²) in [4.78, 5) is 0. The Morgan fingerprint density at radius 1 is 0.722 bits per heavy atom. The van der Waals surface area contributed by atoms with Gasteiger partial charge in [0.25, 0.3) is 0 Å². The lowest BCUT2D eigenvalue weighted by molar-refractivity contribution is 0.322. The van der Waals surface area contributed by atoms with Gasteiger partial charge in [-0.1, -0.05) is 27.2 Å².